The van der Waals surface area contributed by atoms with Crippen molar-refractivity contribution in [3.8, 4) is 0 Å². The third-order valence-corrected chi connectivity index (χ3v) is 10.0. The van der Waals surface area contributed by atoms with Gasteiger partial charge in [0.2, 0.25) is 11.4 Å². The first-order chi connectivity index (χ1) is 23.5. The smallest absolute Gasteiger partial charge is 0.744 e. The number of hydrogen-bond donors (Lipinski definition) is 0. The minimum atomic E-state index is -4.80. The second-order valence-electron chi connectivity index (χ2n) is 11.6. The third-order valence-electron chi connectivity index (χ3n) is 8.28. The predicted molar refractivity (Wildman–Crippen MR) is 191 cm³/mol. The molecule has 0 spiro atoms. The minimum Gasteiger partial charge on any atom is -0.744 e. The summed E-state index contributed by atoms with van der Waals surface area (Å²) in [5.41, 5.74) is 5.90. The Morgan fingerprint density at radius 1 is 0.706 bits per heavy atom. The van der Waals surface area contributed by atoms with Crippen molar-refractivity contribution < 1.29 is 133 Å². The Hall–Kier alpha value is -1.34. The van der Waals surface area contributed by atoms with Crippen molar-refractivity contribution in [2.75, 3.05) is 18.0 Å². The molecule has 0 amide bonds. The third kappa shape index (κ3) is 11.6. The van der Waals surface area contributed by atoms with Gasteiger partial charge in [-0.25, -0.2) is 16.8 Å². The van der Waals surface area contributed by atoms with Crippen molar-refractivity contribution >= 4 is 48.6 Å². The maximum Gasteiger partial charge on any atom is 1.00 e. The Balaban J connectivity index is 0.00000351. The van der Waals surface area contributed by atoms with Crippen LogP contribution in [0.4, 0.5) is 17.1 Å². The predicted octanol–water partition coefficient (Wildman–Crippen LogP) is 1.75. The van der Waals surface area contributed by atoms with Gasteiger partial charge in [0.25, 0.3) is 0 Å². The fraction of sp³-hybridized carbons (Fsp3) is 0.205. The first-order valence-electron chi connectivity index (χ1n) is 16.2. The van der Waals surface area contributed by atoms with Gasteiger partial charge in [0.05, 0.1) is 9.79 Å². The Bertz CT molecular complexity index is 2110. The molecule has 4 aromatic rings. The van der Waals surface area contributed by atoms with Crippen LogP contribution in [-0.2, 0) is 20.2 Å². The van der Waals surface area contributed by atoms with Gasteiger partial charge < -0.3 is 14.0 Å². The van der Waals surface area contributed by atoms with Crippen LogP contribution in [0.5, 0.6) is 0 Å². The van der Waals surface area contributed by atoms with Gasteiger partial charge in [0, 0.05) is 48.5 Å². The van der Waals surface area contributed by atoms with Crippen molar-refractivity contribution in [2.45, 2.75) is 49.3 Å². The second-order valence-corrected chi connectivity index (χ2v) is 14.4. The first-order valence-corrected chi connectivity index (χ1v) is 19.0. The standard InChI is InChI=1S/C39H40N2O6S2.2K/c1-3-5-28-40(32-12-8-7-9-13-32)33-20-16-30(17-21-33)39(37-14-10-11-15-38(37)49(45,46)47)31-18-22-34(23-19-31)41(29-6-4-2)35-24-26-36(27-25-35)48(42,43)44;;/h8-27H,3-6,28-29H2,1-2H3,(H,42,43,44)(H,45,46,47);;/q;2*+1/p-2. The van der Waals surface area contributed by atoms with Gasteiger partial charge in [0.1, 0.15) is 26.8 Å². The molecule has 0 heterocycles. The molecular weight excluding hydrogens is 735 g/mol. The van der Waals surface area contributed by atoms with Crippen LogP contribution in [0.3, 0.4) is 0 Å². The Morgan fingerprint density at radius 3 is 1.86 bits per heavy atom. The van der Waals surface area contributed by atoms with Gasteiger partial charge in [-0.2, -0.15) is 22.8 Å². The molecule has 51 heavy (non-hydrogen) atoms. The molecule has 8 nitrogen and oxygen atoms in total. The largest absolute Gasteiger partial charge is 1.00 e. The zero-order chi connectivity index (χ0) is 35.0. The monoisotopic (exact) mass is 772 g/mol. The summed E-state index contributed by atoms with van der Waals surface area (Å²) in [6.45, 7) is 5.68. The molecule has 0 saturated carbocycles. The molecule has 1 aliphatic carbocycles. The molecule has 1 aliphatic rings. The van der Waals surface area contributed by atoms with Crippen molar-refractivity contribution in [1.29, 1.82) is 0 Å². The van der Waals surface area contributed by atoms with E-state index in [1.54, 1.807) is 24.3 Å². The van der Waals surface area contributed by atoms with E-state index in [2.05, 4.69) is 24.8 Å². The maximum atomic E-state index is 12.5. The summed E-state index contributed by atoms with van der Waals surface area (Å²) in [7, 11) is -9.38. The minimum absolute atomic E-state index is 0. The van der Waals surface area contributed by atoms with Gasteiger partial charge in [-0.15, -0.1) is 12.1 Å². The van der Waals surface area contributed by atoms with E-state index < -0.39 is 20.2 Å². The molecule has 4 aromatic carbocycles. The van der Waals surface area contributed by atoms with Crippen LogP contribution >= 0.6 is 0 Å². The summed E-state index contributed by atoms with van der Waals surface area (Å²) in [5, 5.41) is 0. The number of hydrogen-bond acceptors (Lipinski definition) is 7. The molecule has 0 unspecified atom stereocenters. The van der Waals surface area contributed by atoms with Crippen LogP contribution in [0.15, 0.2) is 137 Å². The molecule has 0 fully saturated rings. The summed E-state index contributed by atoms with van der Waals surface area (Å²) in [5.74, 6) is 0. The van der Waals surface area contributed by atoms with Crippen LogP contribution in [0, 0.1) is 6.07 Å². The second kappa shape index (κ2) is 20.4. The zero-order valence-corrected chi connectivity index (χ0v) is 37.3. The summed E-state index contributed by atoms with van der Waals surface area (Å²) < 4.78 is 73.9. The molecule has 0 saturated heterocycles. The van der Waals surface area contributed by atoms with Gasteiger partial charge >= 0.3 is 103 Å². The van der Waals surface area contributed by atoms with Crippen LogP contribution in [0.25, 0.3) is 5.57 Å². The van der Waals surface area contributed by atoms with Crippen LogP contribution < -0.4 is 108 Å². The molecule has 0 aromatic heterocycles. The van der Waals surface area contributed by atoms with Crippen molar-refractivity contribution in [2.24, 2.45) is 0 Å². The quantitative estimate of drug-likeness (QED) is 0.0880. The first kappa shape index (κ1) is 44.1. The molecule has 5 rings (SSSR count). The van der Waals surface area contributed by atoms with Crippen molar-refractivity contribution in [1.82, 2.24) is 0 Å². The van der Waals surface area contributed by atoms with Crippen molar-refractivity contribution in [3.05, 3.63) is 144 Å². The molecule has 12 heteroatoms. The van der Waals surface area contributed by atoms with E-state index in [0.717, 1.165) is 60.6 Å². The zero-order valence-electron chi connectivity index (χ0n) is 29.5. The number of anilines is 2. The van der Waals surface area contributed by atoms with E-state index in [0.29, 0.717) is 23.3 Å². The van der Waals surface area contributed by atoms with E-state index in [1.165, 1.54) is 24.3 Å². The maximum absolute atomic E-state index is 12.5. The Morgan fingerprint density at radius 2 is 1.29 bits per heavy atom. The SMILES string of the molecule is CCCCN(c1cc[c-]cc1)c1ccc(C(=C2C=CC(=[N+](CCCC)c3ccc(S(=O)(=O)[O-])cc3)C=C2)c2ccccc2S(=O)(=O)[O-])cc1.[K+].[K+]. The van der Waals surface area contributed by atoms with E-state index in [4.69, 9.17) is 0 Å². The van der Waals surface area contributed by atoms with Crippen molar-refractivity contribution in [3.63, 3.8) is 0 Å². The molecule has 254 valence electrons. The van der Waals surface area contributed by atoms with E-state index in [-0.39, 0.29) is 113 Å². The fourth-order valence-corrected chi connectivity index (χ4v) is 6.94. The van der Waals surface area contributed by atoms with Gasteiger partial charge in [0.15, 0.2) is 0 Å². The van der Waals surface area contributed by atoms with Crippen LogP contribution in [-0.4, -0.2) is 49.3 Å². The van der Waals surface area contributed by atoms with E-state index >= 15 is 0 Å². The summed E-state index contributed by atoms with van der Waals surface area (Å²) in [4.78, 5) is 1.63. The Labute approximate surface area is 387 Å². The topological polar surface area (TPSA) is 121 Å². The number of allylic oxidation sites excluding steroid dienone is 5. The number of rotatable bonds is 13. The normalized spacial score (nSPS) is 12.5. The fourth-order valence-electron chi connectivity index (χ4n) is 5.78. The summed E-state index contributed by atoms with van der Waals surface area (Å²) >= 11 is 0. The number of benzene rings is 4. The molecule has 0 atom stereocenters. The molecular formula is C39H38K2N2O6S2. The van der Waals surface area contributed by atoms with Gasteiger partial charge in [-0.3, -0.25) is 0 Å². The van der Waals surface area contributed by atoms with E-state index in [1.807, 2.05) is 77.4 Å². The molecule has 0 radical (unpaired) electrons. The number of unbranched alkanes of at least 4 members (excludes halogenated alkanes) is 2. The average Bonchev–Trinajstić information content (AvgIpc) is 3.10. The summed E-state index contributed by atoms with van der Waals surface area (Å²) in [6, 6.07) is 30.8. The molecule has 0 N–H and O–H groups in total. The summed E-state index contributed by atoms with van der Waals surface area (Å²) in [6.07, 6.45) is 11.4. The van der Waals surface area contributed by atoms with Gasteiger partial charge in [-0.1, -0.05) is 62.7 Å². The van der Waals surface area contributed by atoms with Crippen LogP contribution in [0.2, 0.25) is 0 Å². The molecule has 0 bridgehead atoms. The average molecular weight is 773 g/mol. The van der Waals surface area contributed by atoms with Crippen LogP contribution in [0.1, 0.15) is 50.7 Å². The molecule has 0 aliphatic heterocycles. The number of nitrogens with zero attached hydrogens (tertiary/aromatic N) is 2. The van der Waals surface area contributed by atoms with E-state index in [9.17, 15) is 25.9 Å². The Kier molecular flexibility index (Phi) is 17.6. The van der Waals surface area contributed by atoms with Gasteiger partial charge in [-0.05, 0) is 65.6 Å².